The van der Waals surface area contributed by atoms with Gasteiger partial charge in [-0.15, -0.1) is 21.9 Å². The lowest BCUT2D eigenvalue weighted by Gasteiger charge is -2.44. The zero-order valence-corrected chi connectivity index (χ0v) is 27.9. The maximum atomic E-state index is 15.4. The van der Waals surface area contributed by atoms with Crippen LogP contribution in [0.15, 0.2) is 54.9 Å². The van der Waals surface area contributed by atoms with Gasteiger partial charge < -0.3 is 5.11 Å². The lowest BCUT2D eigenvalue weighted by molar-refractivity contribution is -0.688. The van der Waals surface area contributed by atoms with E-state index in [-0.39, 0.29) is 0 Å². The number of halogens is 20. The fraction of sp³-hybridized carbons (Fsp3) is 0.0278. The van der Waals surface area contributed by atoms with Crippen molar-refractivity contribution in [3.8, 4) is 5.75 Å². The molecule has 1 N–H and O–H groups in total. The second kappa shape index (κ2) is 16.2. The van der Waals surface area contributed by atoms with Gasteiger partial charge in [0.15, 0.2) is 88.7 Å². The summed E-state index contributed by atoms with van der Waals surface area (Å²) in [7, 11) is 0. The van der Waals surface area contributed by atoms with E-state index in [2.05, 4.69) is 4.57 Å². The van der Waals surface area contributed by atoms with Gasteiger partial charge in [-0.1, -0.05) is 18.2 Å². The van der Waals surface area contributed by atoms with Crippen LogP contribution in [0.1, 0.15) is 5.56 Å². The summed E-state index contributed by atoms with van der Waals surface area (Å²) >= 11 is 0. The van der Waals surface area contributed by atoms with Crippen molar-refractivity contribution in [3.05, 3.63) is 177 Å². The van der Waals surface area contributed by atoms with Gasteiger partial charge in [-0.05, 0) is 12.1 Å². The van der Waals surface area contributed by atoms with Crippen molar-refractivity contribution < 1.29 is 97.5 Å². The molecule has 0 aliphatic heterocycles. The van der Waals surface area contributed by atoms with Crippen LogP contribution < -0.4 is 26.4 Å². The average Bonchev–Trinajstić information content (AvgIpc) is 3.21. The van der Waals surface area contributed by atoms with Gasteiger partial charge in [0.05, 0.1) is 0 Å². The Hall–Kier alpha value is -6.29. The fourth-order valence-electron chi connectivity index (χ4n) is 6.28. The molecule has 1 heterocycles. The minimum absolute atomic E-state index is 0.319. The SMILES string of the molecule is Fc1c(F)c(F)c([B-](c2c(F)c(F)c(F)c(F)c2F)(c2c(F)c(F)c(F)c(F)c2F)c2c(F)c(F)c(F)c(F)c2F)c(F)c1F.Oc1cccc(C[n+]2ccccc2)c1. The summed E-state index contributed by atoms with van der Waals surface area (Å²) in [5.41, 5.74) is -13.2. The highest BCUT2D eigenvalue weighted by molar-refractivity contribution is 7.20. The molecule has 23 heteroatoms. The van der Waals surface area contributed by atoms with Crippen molar-refractivity contribution in [2.75, 3.05) is 0 Å². The van der Waals surface area contributed by atoms with E-state index in [0.29, 0.717) is 5.75 Å². The number of pyridine rings is 1. The molecule has 0 unspecified atom stereocenters. The molecule has 59 heavy (non-hydrogen) atoms. The van der Waals surface area contributed by atoms with Gasteiger partial charge in [-0.2, -0.15) is 0 Å². The van der Waals surface area contributed by atoms with Gasteiger partial charge in [0, 0.05) is 17.7 Å². The fourth-order valence-corrected chi connectivity index (χ4v) is 6.28. The minimum Gasteiger partial charge on any atom is -0.508 e. The largest absolute Gasteiger partial charge is 0.508 e. The number of aromatic nitrogens is 1. The summed E-state index contributed by atoms with van der Waals surface area (Å²) < 4.78 is 296. The Morgan fingerprint density at radius 2 is 0.593 bits per heavy atom. The Kier molecular flexibility index (Phi) is 12.0. The standard InChI is InChI=1S/C24BF20.C12H11NO/c26-5-1(6(27)14(35)21(42)13(5)34)25(2-7(28)15(36)22(43)16(37)8(2)29,3-9(30)17(38)23(44)18(39)10(3)31)4-11(32)19(40)24(45)20(41)12(4)33;14-12-6-4-5-11(9-12)10-13-7-2-1-3-8-13/h;1-9H,10H2/q-1;/p+1. The van der Waals surface area contributed by atoms with Crippen molar-refractivity contribution in [2.45, 2.75) is 6.54 Å². The Morgan fingerprint density at radius 3 is 0.847 bits per heavy atom. The second-order valence-corrected chi connectivity index (χ2v) is 12.0. The van der Waals surface area contributed by atoms with Crippen LogP contribution in [0.4, 0.5) is 87.8 Å². The highest BCUT2D eigenvalue weighted by Crippen LogP contribution is 2.30. The monoisotopic (exact) mass is 865 g/mol. The summed E-state index contributed by atoms with van der Waals surface area (Å²) in [5.74, 6) is -71.1. The molecular formula is C36H12BF20NO. The Morgan fingerprint density at radius 1 is 0.339 bits per heavy atom. The molecule has 6 aromatic rings. The summed E-state index contributed by atoms with van der Waals surface area (Å²) in [6, 6.07) is 13.3. The van der Waals surface area contributed by atoms with Crippen LogP contribution >= 0.6 is 0 Å². The van der Waals surface area contributed by atoms with Gasteiger partial charge in [0.25, 0.3) is 0 Å². The first-order valence-electron chi connectivity index (χ1n) is 15.5. The number of rotatable bonds is 6. The van der Waals surface area contributed by atoms with Crippen LogP contribution in [0.2, 0.25) is 0 Å². The molecule has 2 nitrogen and oxygen atoms in total. The molecule has 0 bridgehead atoms. The minimum atomic E-state index is -7.22. The topological polar surface area (TPSA) is 24.1 Å². The van der Waals surface area contributed by atoms with Gasteiger partial charge in [-0.3, -0.25) is 0 Å². The molecule has 0 saturated heterocycles. The summed E-state index contributed by atoms with van der Waals surface area (Å²) in [6.45, 7) is 0.787. The quantitative estimate of drug-likeness (QED) is 0.0604. The summed E-state index contributed by atoms with van der Waals surface area (Å²) in [5, 5.41) is 9.28. The van der Waals surface area contributed by atoms with E-state index in [4.69, 9.17) is 0 Å². The molecule has 310 valence electrons. The molecule has 0 spiro atoms. The van der Waals surface area contributed by atoms with Crippen LogP contribution in [0.5, 0.6) is 5.75 Å². The zero-order chi connectivity index (χ0) is 44.2. The average molecular weight is 865 g/mol. The molecule has 1 aromatic heterocycles. The van der Waals surface area contributed by atoms with Gasteiger partial charge in [0.2, 0.25) is 0 Å². The van der Waals surface area contributed by atoms with Crippen LogP contribution in [-0.2, 0) is 6.54 Å². The molecule has 0 aliphatic rings. The highest BCUT2D eigenvalue weighted by atomic mass is 19.2. The summed E-state index contributed by atoms with van der Waals surface area (Å²) in [6.07, 6.45) is -3.21. The van der Waals surface area contributed by atoms with E-state index >= 15 is 35.1 Å². The van der Waals surface area contributed by atoms with E-state index in [1.807, 2.05) is 42.7 Å². The smallest absolute Gasteiger partial charge is 0.200 e. The molecular weight excluding hydrogens is 853 g/mol. The number of phenols is 1. The van der Waals surface area contributed by atoms with Gasteiger partial charge >= 0.3 is 0 Å². The van der Waals surface area contributed by atoms with Gasteiger partial charge in [-0.25, -0.2) is 92.4 Å². The van der Waals surface area contributed by atoms with Crippen LogP contribution in [-0.4, -0.2) is 11.3 Å². The first-order valence-corrected chi connectivity index (χ1v) is 15.5. The highest BCUT2D eigenvalue weighted by Gasteiger charge is 2.52. The first-order chi connectivity index (χ1) is 27.5. The number of hydrogen-bond donors (Lipinski definition) is 1. The molecule has 0 amide bonds. The zero-order valence-electron chi connectivity index (χ0n) is 27.9. The Balaban J connectivity index is 0.000000395. The van der Waals surface area contributed by atoms with Crippen molar-refractivity contribution in [1.29, 1.82) is 0 Å². The number of aromatic hydroxyl groups is 1. The van der Waals surface area contributed by atoms with E-state index in [1.54, 1.807) is 12.1 Å². The van der Waals surface area contributed by atoms with E-state index in [9.17, 15) is 57.8 Å². The molecule has 0 radical (unpaired) electrons. The van der Waals surface area contributed by atoms with Crippen LogP contribution in [0, 0.1) is 116 Å². The first kappa shape index (κ1) is 43.8. The van der Waals surface area contributed by atoms with E-state index in [1.165, 1.54) is 0 Å². The third-order valence-electron chi connectivity index (χ3n) is 8.76. The Bertz CT molecular complexity index is 2280. The predicted octanol–water partition coefficient (Wildman–Crippen LogP) is 7.57. The van der Waals surface area contributed by atoms with Crippen LogP contribution in [0.25, 0.3) is 0 Å². The predicted molar refractivity (Wildman–Crippen MR) is 163 cm³/mol. The van der Waals surface area contributed by atoms with Crippen molar-refractivity contribution in [3.63, 3.8) is 0 Å². The van der Waals surface area contributed by atoms with E-state index in [0.717, 1.165) is 12.1 Å². The normalized spacial score (nSPS) is 11.5. The van der Waals surface area contributed by atoms with Gasteiger partial charge in [0.1, 0.15) is 58.4 Å². The number of hydrogen-bond acceptors (Lipinski definition) is 1. The lowest BCUT2D eigenvalue weighted by Crippen LogP contribution is -2.81. The van der Waals surface area contributed by atoms with Crippen LogP contribution in [0.3, 0.4) is 0 Å². The molecule has 5 aromatic carbocycles. The maximum Gasteiger partial charge on any atom is 0.200 e. The Labute approximate surface area is 314 Å². The number of phenolic OH excluding ortho intramolecular Hbond substituents is 1. The number of benzene rings is 5. The van der Waals surface area contributed by atoms with Crippen molar-refractivity contribution >= 4 is 28.0 Å². The van der Waals surface area contributed by atoms with Crippen molar-refractivity contribution in [2.24, 2.45) is 0 Å². The molecule has 6 rings (SSSR count). The molecule has 0 saturated carbocycles. The number of nitrogens with zero attached hydrogens (tertiary/aromatic N) is 1. The lowest BCUT2D eigenvalue weighted by atomic mass is 9.12. The summed E-state index contributed by atoms with van der Waals surface area (Å²) in [4.78, 5) is 0. The molecule has 0 atom stereocenters. The molecule has 0 fully saturated rings. The maximum absolute atomic E-state index is 15.4. The third kappa shape index (κ3) is 6.94. The van der Waals surface area contributed by atoms with E-state index < -0.39 is 144 Å². The second-order valence-electron chi connectivity index (χ2n) is 12.0. The molecule has 0 aliphatic carbocycles. The van der Waals surface area contributed by atoms with Crippen molar-refractivity contribution in [1.82, 2.24) is 0 Å². The third-order valence-corrected chi connectivity index (χ3v) is 8.76.